The summed E-state index contributed by atoms with van der Waals surface area (Å²) >= 11 is 0. The van der Waals surface area contributed by atoms with E-state index in [1.54, 1.807) is 6.08 Å². The third-order valence-corrected chi connectivity index (χ3v) is 1.58. The maximum absolute atomic E-state index is 9.07. The van der Waals surface area contributed by atoms with Gasteiger partial charge in [0, 0.05) is 6.07 Å². The summed E-state index contributed by atoms with van der Waals surface area (Å²) in [6.07, 6.45) is 3.14. The first-order valence-corrected chi connectivity index (χ1v) is 3.40. The van der Waals surface area contributed by atoms with E-state index in [1.165, 1.54) is 6.21 Å². The second kappa shape index (κ2) is 2.19. The molecule has 1 aromatic carbocycles. The summed E-state index contributed by atoms with van der Waals surface area (Å²) in [5, 5.41) is 10.9. The van der Waals surface area contributed by atoms with Gasteiger partial charge in [0.2, 0.25) is 0 Å². The minimum atomic E-state index is 0.212. The SMILES string of the molecule is [N-]=C1C=[N+]=c2ccccc2=C1. The van der Waals surface area contributed by atoms with E-state index in [0.717, 1.165) is 10.6 Å². The summed E-state index contributed by atoms with van der Waals surface area (Å²) in [4.78, 5) is 0. The van der Waals surface area contributed by atoms with Crippen molar-refractivity contribution in [2.24, 2.45) is 0 Å². The topological polar surface area (TPSA) is 36.4 Å². The van der Waals surface area contributed by atoms with Gasteiger partial charge in [-0.05, 0) is 6.07 Å². The van der Waals surface area contributed by atoms with E-state index >= 15 is 0 Å². The van der Waals surface area contributed by atoms with Crippen LogP contribution in [0.1, 0.15) is 0 Å². The normalized spacial score (nSPS) is 13.3. The highest BCUT2D eigenvalue weighted by molar-refractivity contribution is 6.45. The molecule has 0 N–H and O–H groups in total. The van der Waals surface area contributed by atoms with Crippen molar-refractivity contribution in [3.63, 3.8) is 0 Å². The Bertz CT molecular complexity index is 451. The lowest BCUT2D eigenvalue weighted by Crippen LogP contribution is -2.31. The van der Waals surface area contributed by atoms with Crippen molar-refractivity contribution in [2.75, 3.05) is 0 Å². The zero-order chi connectivity index (χ0) is 7.68. The third-order valence-electron chi connectivity index (χ3n) is 1.58. The maximum atomic E-state index is 9.07. The molecular weight excluding hydrogens is 136 g/mol. The second-order valence-electron chi connectivity index (χ2n) is 2.39. The lowest BCUT2D eigenvalue weighted by Gasteiger charge is -1.91. The van der Waals surface area contributed by atoms with Gasteiger partial charge in [0.05, 0.1) is 5.22 Å². The number of benzene rings is 1. The molecule has 1 aromatic rings. The van der Waals surface area contributed by atoms with Crippen LogP contribution in [0, 0.1) is 0 Å². The zero-order valence-corrected chi connectivity index (χ0v) is 5.86. The molecule has 0 unspecified atom stereocenters. The van der Waals surface area contributed by atoms with Crippen LogP contribution in [0.2, 0.25) is 0 Å². The molecule has 0 bridgehead atoms. The second-order valence-corrected chi connectivity index (χ2v) is 2.39. The van der Waals surface area contributed by atoms with Crippen LogP contribution < -0.4 is 15.2 Å². The van der Waals surface area contributed by atoms with Gasteiger partial charge in [0.25, 0.3) is 6.21 Å². The van der Waals surface area contributed by atoms with Crippen LogP contribution in [-0.4, -0.2) is 11.9 Å². The molecule has 0 amide bonds. The summed E-state index contributed by atoms with van der Waals surface area (Å²) in [6.45, 7) is 0. The summed E-state index contributed by atoms with van der Waals surface area (Å²) in [5.41, 5.74) is 0.212. The molecule has 0 radical (unpaired) electrons. The molecular formula is C9H6N2. The van der Waals surface area contributed by atoms with Gasteiger partial charge in [-0.2, -0.15) is 0 Å². The highest BCUT2D eigenvalue weighted by Crippen LogP contribution is 1.74. The van der Waals surface area contributed by atoms with Crippen molar-refractivity contribution in [1.29, 1.82) is 0 Å². The molecule has 0 spiro atoms. The molecule has 0 saturated carbocycles. The van der Waals surface area contributed by atoms with Gasteiger partial charge < -0.3 is 5.41 Å². The molecule has 1 aliphatic heterocycles. The Kier molecular flexibility index (Phi) is 1.21. The monoisotopic (exact) mass is 142 g/mol. The third kappa shape index (κ3) is 0.997. The van der Waals surface area contributed by atoms with Crippen molar-refractivity contribution in [1.82, 2.24) is 4.67 Å². The van der Waals surface area contributed by atoms with Gasteiger partial charge in [-0.1, -0.05) is 28.6 Å². The van der Waals surface area contributed by atoms with Crippen LogP contribution in [0.4, 0.5) is 0 Å². The van der Waals surface area contributed by atoms with E-state index < -0.39 is 0 Å². The molecule has 0 fully saturated rings. The fourth-order valence-corrected chi connectivity index (χ4v) is 1.06. The molecule has 0 aromatic heterocycles. The Balaban J connectivity index is 2.99. The number of rotatable bonds is 0. The molecule has 0 atom stereocenters. The first kappa shape index (κ1) is 6.08. The fraction of sp³-hybridized carbons (Fsp3) is 0. The molecule has 1 heterocycles. The van der Waals surface area contributed by atoms with Crippen molar-refractivity contribution in [3.8, 4) is 0 Å². The summed E-state index contributed by atoms with van der Waals surface area (Å²) < 4.78 is 4.03. The van der Waals surface area contributed by atoms with E-state index in [0.29, 0.717) is 0 Å². The molecule has 1 aliphatic rings. The minimum Gasteiger partial charge on any atom is -0.798 e. The van der Waals surface area contributed by atoms with Crippen molar-refractivity contribution < 1.29 is 0 Å². The fourth-order valence-electron chi connectivity index (χ4n) is 1.06. The molecule has 52 valence electrons. The Morgan fingerprint density at radius 2 is 2.00 bits per heavy atom. The van der Waals surface area contributed by atoms with E-state index in [1.807, 2.05) is 24.3 Å². The molecule has 0 aliphatic carbocycles. The van der Waals surface area contributed by atoms with Crippen molar-refractivity contribution in [2.45, 2.75) is 0 Å². The van der Waals surface area contributed by atoms with E-state index in [-0.39, 0.29) is 5.71 Å². The lowest BCUT2D eigenvalue weighted by atomic mass is 10.2. The summed E-state index contributed by atoms with van der Waals surface area (Å²) in [6, 6.07) is 7.67. The van der Waals surface area contributed by atoms with Gasteiger partial charge in [-0.15, -0.1) is 0 Å². The van der Waals surface area contributed by atoms with Crippen LogP contribution in [0.3, 0.4) is 0 Å². The Hall–Kier alpha value is -1.66. The van der Waals surface area contributed by atoms with Crippen LogP contribution in [0.5, 0.6) is 0 Å². The smallest absolute Gasteiger partial charge is 0.334 e. The average molecular weight is 142 g/mol. The van der Waals surface area contributed by atoms with Gasteiger partial charge >= 0.3 is 5.36 Å². The first-order valence-electron chi connectivity index (χ1n) is 3.40. The van der Waals surface area contributed by atoms with Crippen molar-refractivity contribution in [3.05, 3.63) is 40.3 Å². The number of hydrogen-bond donors (Lipinski definition) is 0. The van der Waals surface area contributed by atoms with Crippen LogP contribution in [0.15, 0.2) is 24.3 Å². The molecule has 0 saturated heterocycles. The molecule has 2 rings (SSSR count). The standard InChI is InChI=1S/C9H6N2/c10-8-5-7-3-1-2-4-9(7)11-6-8/h1-6H. The highest BCUT2D eigenvalue weighted by Gasteiger charge is 1.97. The first-order chi connectivity index (χ1) is 5.36. The predicted molar refractivity (Wildman–Crippen MR) is 45.8 cm³/mol. The number of para-hydroxylation sites is 1. The van der Waals surface area contributed by atoms with E-state index in [4.69, 9.17) is 5.41 Å². The minimum absolute atomic E-state index is 0.212. The van der Waals surface area contributed by atoms with Gasteiger partial charge in [-0.3, -0.25) is 0 Å². The van der Waals surface area contributed by atoms with Crippen LogP contribution >= 0.6 is 0 Å². The summed E-state index contributed by atoms with van der Waals surface area (Å²) in [5.74, 6) is 0. The lowest BCUT2D eigenvalue weighted by molar-refractivity contribution is 1.33. The molecule has 2 heteroatoms. The Morgan fingerprint density at radius 3 is 2.91 bits per heavy atom. The summed E-state index contributed by atoms with van der Waals surface area (Å²) in [7, 11) is 0. The Morgan fingerprint density at radius 1 is 1.18 bits per heavy atom. The average Bonchev–Trinajstić information content (AvgIpc) is 2.04. The number of hydrogen-bond acceptors (Lipinski definition) is 0. The zero-order valence-electron chi connectivity index (χ0n) is 5.86. The number of nitrogens with zero attached hydrogens (tertiary/aromatic N) is 2. The number of fused-ring (bicyclic) bond motifs is 1. The van der Waals surface area contributed by atoms with E-state index in [2.05, 4.69) is 4.67 Å². The van der Waals surface area contributed by atoms with Gasteiger partial charge in [0.1, 0.15) is 0 Å². The van der Waals surface area contributed by atoms with E-state index in [9.17, 15) is 0 Å². The maximum Gasteiger partial charge on any atom is 0.334 e. The van der Waals surface area contributed by atoms with Crippen LogP contribution in [-0.2, 0) is 0 Å². The largest absolute Gasteiger partial charge is 0.798 e. The predicted octanol–water partition coefficient (Wildman–Crippen LogP) is -0.751. The quantitative estimate of drug-likeness (QED) is 0.427. The highest BCUT2D eigenvalue weighted by atomic mass is 14.6. The van der Waals surface area contributed by atoms with Crippen molar-refractivity contribution >= 4 is 18.0 Å². The molecule has 2 nitrogen and oxygen atoms in total. The Labute approximate surface area is 63.8 Å². The van der Waals surface area contributed by atoms with Gasteiger partial charge in [-0.25, -0.2) is 0 Å². The van der Waals surface area contributed by atoms with Crippen LogP contribution in [0.25, 0.3) is 11.5 Å². The molecule has 11 heavy (non-hydrogen) atoms. The van der Waals surface area contributed by atoms with Gasteiger partial charge in [0.15, 0.2) is 0 Å².